The molecule has 27 heavy (non-hydrogen) atoms. The first-order chi connectivity index (χ1) is 13.1. The molecule has 0 saturated heterocycles. The lowest BCUT2D eigenvalue weighted by Crippen LogP contribution is -2.27. The largest absolute Gasteiger partial charge is 0.457 e. The van der Waals surface area contributed by atoms with Crippen LogP contribution in [0.1, 0.15) is 27.7 Å². The average Bonchev–Trinajstić information content (AvgIpc) is 3.22. The van der Waals surface area contributed by atoms with Crippen LogP contribution in [0.2, 0.25) is 0 Å². The minimum atomic E-state index is -0.180. The number of para-hydroxylation sites is 1. The molecule has 0 bridgehead atoms. The van der Waals surface area contributed by atoms with E-state index < -0.39 is 0 Å². The van der Waals surface area contributed by atoms with Gasteiger partial charge in [-0.25, -0.2) is 4.79 Å². The van der Waals surface area contributed by atoms with Crippen LogP contribution in [-0.2, 0) is 0 Å². The fourth-order valence-corrected chi connectivity index (χ4v) is 2.12. The number of carbonyl (C=O) groups is 1. The van der Waals surface area contributed by atoms with Gasteiger partial charge in [0.1, 0.15) is 11.5 Å². The summed E-state index contributed by atoms with van der Waals surface area (Å²) in [6, 6.07) is 17.1. The number of amides is 1. The summed E-state index contributed by atoms with van der Waals surface area (Å²) in [7, 11) is 3.39. The van der Waals surface area contributed by atoms with E-state index in [1.54, 1.807) is 26.5 Å². The number of benzene rings is 2. The van der Waals surface area contributed by atoms with Gasteiger partial charge in [-0.3, -0.25) is 0 Å². The van der Waals surface area contributed by atoms with Crippen LogP contribution in [-0.4, -0.2) is 34.8 Å². The summed E-state index contributed by atoms with van der Waals surface area (Å²) >= 11 is 0. The van der Waals surface area contributed by atoms with Crippen molar-refractivity contribution in [3.8, 4) is 22.6 Å². The molecular weight excluding hydrogens is 338 g/mol. The van der Waals surface area contributed by atoms with Gasteiger partial charge in [0.15, 0.2) is 0 Å². The average molecular weight is 367 g/mol. The van der Waals surface area contributed by atoms with E-state index in [-0.39, 0.29) is 6.03 Å². The smallest absolute Gasteiger partial charge is 0.344 e. The Hall–Kier alpha value is -3.08. The Kier molecular flexibility index (Phi) is 9.37. The zero-order valence-corrected chi connectivity index (χ0v) is 17.0. The first kappa shape index (κ1) is 22.0. The molecule has 1 amide bonds. The number of hydrogen-bond donors (Lipinski definition) is 0. The van der Waals surface area contributed by atoms with Gasteiger partial charge in [0.05, 0.1) is 6.20 Å². The van der Waals surface area contributed by atoms with Crippen LogP contribution in [0.5, 0.6) is 11.5 Å². The summed E-state index contributed by atoms with van der Waals surface area (Å²) in [4.78, 5) is 13.3. The zero-order valence-electron chi connectivity index (χ0n) is 17.0. The lowest BCUT2D eigenvalue weighted by molar-refractivity contribution is 0.216. The van der Waals surface area contributed by atoms with E-state index in [9.17, 15) is 4.79 Å². The lowest BCUT2D eigenvalue weighted by Gasteiger charge is -2.08. The van der Waals surface area contributed by atoms with E-state index >= 15 is 0 Å². The van der Waals surface area contributed by atoms with Gasteiger partial charge < -0.3 is 9.64 Å². The summed E-state index contributed by atoms with van der Waals surface area (Å²) in [5, 5.41) is 4.10. The van der Waals surface area contributed by atoms with E-state index in [1.807, 2.05) is 82.3 Å². The van der Waals surface area contributed by atoms with Gasteiger partial charge >= 0.3 is 6.03 Å². The molecule has 0 unspecified atom stereocenters. The molecule has 0 aliphatic carbocycles. The van der Waals surface area contributed by atoms with Crippen LogP contribution in [0.15, 0.2) is 67.0 Å². The van der Waals surface area contributed by atoms with Crippen LogP contribution in [0.3, 0.4) is 0 Å². The zero-order chi connectivity index (χ0) is 20.2. The molecule has 5 heteroatoms. The Bertz CT molecular complexity index is 794. The molecule has 144 valence electrons. The fourth-order valence-electron chi connectivity index (χ4n) is 2.12. The molecule has 0 fully saturated rings. The maximum absolute atomic E-state index is 11.9. The number of aromatic nitrogens is 2. The highest BCUT2D eigenvalue weighted by Gasteiger charge is 2.10. The van der Waals surface area contributed by atoms with Crippen LogP contribution in [0.4, 0.5) is 4.79 Å². The molecule has 0 radical (unpaired) electrons. The van der Waals surface area contributed by atoms with E-state index in [1.165, 1.54) is 9.58 Å². The molecule has 0 spiro atoms. The molecule has 2 aromatic carbocycles. The summed E-state index contributed by atoms with van der Waals surface area (Å²) in [5.41, 5.74) is 1.86. The van der Waals surface area contributed by atoms with E-state index in [4.69, 9.17) is 4.74 Å². The second-order valence-electron chi connectivity index (χ2n) is 5.29. The first-order valence-electron chi connectivity index (χ1n) is 9.23. The van der Waals surface area contributed by atoms with Gasteiger partial charge in [0, 0.05) is 25.9 Å². The summed E-state index contributed by atoms with van der Waals surface area (Å²) in [5.74, 6) is 1.56. The van der Waals surface area contributed by atoms with Crippen LogP contribution >= 0.6 is 0 Å². The Morgan fingerprint density at radius 1 is 0.852 bits per heavy atom. The van der Waals surface area contributed by atoms with Crippen molar-refractivity contribution in [1.29, 1.82) is 0 Å². The van der Waals surface area contributed by atoms with Gasteiger partial charge in [0.2, 0.25) is 0 Å². The van der Waals surface area contributed by atoms with Crippen LogP contribution < -0.4 is 4.74 Å². The molecule has 1 heterocycles. The molecule has 3 aromatic rings. The van der Waals surface area contributed by atoms with E-state index in [2.05, 4.69) is 5.10 Å². The number of hydrogen-bond acceptors (Lipinski definition) is 3. The maximum atomic E-state index is 11.9. The van der Waals surface area contributed by atoms with Gasteiger partial charge in [-0.2, -0.15) is 9.78 Å². The number of rotatable bonds is 3. The molecule has 0 saturated carbocycles. The Balaban J connectivity index is 0.000000855. The maximum Gasteiger partial charge on any atom is 0.344 e. The molecule has 1 aromatic heterocycles. The number of ether oxygens (including phenoxy) is 1. The lowest BCUT2D eigenvalue weighted by atomic mass is 10.1. The van der Waals surface area contributed by atoms with Crippen LogP contribution in [0.25, 0.3) is 11.1 Å². The van der Waals surface area contributed by atoms with Gasteiger partial charge in [-0.05, 0) is 29.8 Å². The summed E-state index contributed by atoms with van der Waals surface area (Å²) in [6.07, 6.45) is 3.39. The van der Waals surface area contributed by atoms with Crippen molar-refractivity contribution in [3.05, 3.63) is 67.0 Å². The molecular formula is C22H29N3O2. The molecule has 5 nitrogen and oxygen atoms in total. The number of nitrogens with zero attached hydrogens (tertiary/aromatic N) is 3. The standard InChI is InChI=1S/C18H17N3O2.2C2H6/c1-20(2)18(22)21-13-15(12-19-21)14-8-10-17(11-9-14)23-16-6-4-3-5-7-16;2*1-2/h3-13H,1-2H3;2*1-2H3. The minimum Gasteiger partial charge on any atom is -0.457 e. The van der Waals surface area contributed by atoms with Crippen molar-refractivity contribution in [1.82, 2.24) is 14.7 Å². The van der Waals surface area contributed by atoms with Crippen molar-refractivity contribution in [3.63, 3.8) is 0 Å². The Morgan fingerprint density at radius 3 is 1.96 bits per heavy atom. The predicted molar refractivity (Wildman–Crippen MR) is 111 cm³/mol. The van der Waals surface area contributed by atoms with Gasteiger partial charge in [-0.15, -0.1) is 0 Å². The quantitative estimate of drug-likeness (QED) is 0.577. The molecule has 3 rings (SSSR count). The monoisotopic (exact) mass is 367 g/mol. The predicted octanol–water partition coefficient (Wildman–Crippen LogP) is 5.92. The third-order valence-electron chi connectivity index (χ3n) is 3.33. The third-order valence-corrected chi connectivity index (χ3v) is 3.33. The first-order valence-corrected chi connectivity index (χ1v) is 9.23. The van der Waals surface area contributed by atoms with Crippen molar-refractivity contribution >= 4 is 6.03 Å². The SMILES string of the molecule is CC.CC.CN(C)C(=O)n1cc(-c2ccc(Oc3ccccc3)cc2)cn1. The molecule has 0 aliphatic heterocycles. The van der Waals surface area contributed by atoms with E-state index in [0.717, 1.165) is 22.6 Å². The second-order valence-corrected chi connectivity index (χ2v) is 5.29. The summed E-state index contributed by atoms with van der Waals surface area (Å²) in [6.45, 7) is 8.00. The highest BCUT2D eigenvalue weighted by molar-refractivity contribution is 5.77. The highest BCUT2D eigenvalue weighted by Crippen LogP contribution is 2.25. The fraction of sp³-hybridized carbons (Fsp3) is 0.273. The summed E-state index contributed by atoms with van der Waals surface area (Å²) < 4.78 is 7.09. The molecule has 0 aliphatic rings. The van der Waals surface area contributed by atoms with Crippen molar-refractivity contribution in [2.45, 2.75) is 27.7 Å². The van der Waals surface area contributed by atoms with Crippen LogP contribution in [0, 0.1) is 0 Å². The van der Waals surface area contributed by atoms with Gasteiger partial charge in [-0.1, -0.05) is 58.0 Å². The Morgan fingerprint density at radius 2 is 1.41 bits per heavy atom. The highest BCUT2D eigenvalue weighted by atomic mass is 16.5. The van der Waals surface area contributed by atoms with Crippen molar-refractivity contribution in [2.24, 2.45) is 0 Å². The van der Waals surface area contributed by atoms with Crippen molar-refractivity contribution < 1.29 is 9.53 Å². The van der Waals surface area contributed by atoms with Gasteiger partial charge in [0.25, 0.3) is 0 Å². The topological polar surface area (TPSA) is 47.4 Å². The molecule has 0 N–H and O–H groups in total. The normalized spacial score (nSPS) is 9.26. The minimum absolute atomic E-state index is 0.180. The van der Waals surface area contributed by atoms with E-state index in [0.29, 0.717) is 0 Å². The number of carbonyl (C=O) groups excluding carboxylic acids is 1. The Labute approximate surface area is 162 Å². The second kappa shape index (κ2) is 11.5. The van der Waals surface area contributed by atoms with Crippen molar-refractivity contribution in [2.75, 3.05) is 14.1 Å². The molecule has 0 atom stereocenters. The third kappa shape index (κ3) is 6.29.